The number of halogens is 1. The van der Waals surface area contributed by atoms with Gasteiger partial charge in [0.1, 0.15) is 17.9 Å². The van der Waals surface area contributed by atoms with Crippen LogP contribution in [0.4, 0.5) is 11.5 Å². The van der Waals surface area contributed by atoms with Gasteiger partial charge >= 0.3 is 0 Å². The van der Waals surface area contributed by atoms with E-state index in [1.54, 1.807) is 13.4 Å². The maximum atomic E-state index is 6.11. The molecule has 3 aromatic carbocycles. The second-order valence-electron chi connectivity index (χ2n) is 7.00. The van der Waals surface area contributed by atoms with E-state index in [2.05, 4.69) is 38.2 Å². The van der Waals surface area contributed by atoms with Crippen LogP contribution in [-0.4, -0.2) is 21.6 Å². The molecule has 0 amide bonds. The van der Waals surface area contributed by atoms with Crippen LogP contribution in [0, 0.1) is 0 Å². The SMILES string of the molecule is COc1ccccc1Nc1ncnc2c1c(-c1ccccc1)cn2-c1ccc(Cl)cc1. The molecule has 1 N–H and O–H groups in total. The van der Waals surface area contributed by atoms with Gasteiger partial charge in [-0.3, -0.25) is 0 Å². The summed E-state index contributed by atoms with van der Waals surface area (Å²) in [5.41, 5.74) is 4.72. The van der Waals surface area contributed by atoms with Gasteiger partial charge in [-0.2, -0.15) is 0 Å². The lowest BCUT2D eigenvalue weighted by molar-refractivity contribution is 0.417. The van der Waals surface area contributed by atoms with Crippen LogP contribution >= 0.6 is 11.6 Å². The van der Waals surface area contributed by atoms with Crippen molar-refractivity contribution in [1.29, 1.82) is 0 Å². The quantitative estimate of drug-likeness (QED) is 0.349. The monoisotopic (exact) mass is 426 g/mol. The van der Waals surface area contributed by atoms with Gasteiger partial charge in [0, 0.05) is 22.5 Å². The molecule has 6 heteroatoms. The third-order valence-corrected chi connectivity index (χ3v) is 5.38. The Labute approximate surface area is 184 Å². The highest BCUT2D eigenvalue weighted by Gasteiger charge is 2.18. The van der Waals surface area contributed by atoms with Crippen LogP contribution in [0.15, 0.2) is 91.4 Å². The summed E-state index contributed by atoms with van der Waals surface area (Å²) in [5.74, 6) is 1.45. The molecule has 5 nitrogen and oxygen atoms in total. The van der Waals surface area contributed by atoms with E-state index < -0.39 is 0 Å². The van der Waals surface area contributed by atoms with E-state index in [1.807, 2.05) is 66.7 Å². The first-order valence-electron chi connectivity index (χ1n) is 9.82. The molecule has 0 unspecified atom stereocenters. The molecule has 0 aliphatic carbocycles. The molecule has 0 atom stereocenters. The summed E-state index contributed by atoms with van der Waals surface area (Å²) in [6.07, 6.45) is 3.66. The van der Waals surface area contributed by atoms with Gasteiger partial charge in [0.15, 0.2) is 5.65 Å². The van der Waals surface area contributed by atoms with E-state index in [0.717, 1.165) is 39.3 Å². The second-order valence-corrected chi connectivity index (χ2v) is 7.44. The Hall–Kier alpha value is -3.83. The van der Waals surface area contributed by atoms with E-state index in [9.17, 15) is 0 Å². The Bertz CT molecular complexity index is 1350. The molecule has 152 valence electrons. The average molecular weight is 427 g/mol. The predicted octanol–water partition coefficient (Wildman–Crippen LogP) is 6.49. The zero-order valence-electron chi connectivity index (χ0n) is 16.8. The highest BCUT2D eigenvalue weighted by Crippen LogP contribution is 2.37. The fourth-order valence-electron chi connectivity index (χ4n) is 3.67. The van der Waals surface area contributed by atoms with E-state index in [4.69, 9.17) is 16.3 Å². The van der Waals surface area contributed by atoms with Gasteiger partial charge in [-0.25, -0.2) is 9.97 Å². The van der Waals surface area contributed by atoms with Gasteiger partial charge in [-0.1, -0.05) is 54.1 Å². The maximum Gasteiger partial charge on any atom is 0.150 e. The van der Waals surface area contributed by atoms with Crippen molar-refractivity contribution in [2.75, 3.05) is 12.4 Å². The average Bonchev–Trinajstić information content (AvgIpc) is 3.21. The van der Waals surface area contributed by atoms with E-state index in [-0.39, 0.29) is 0 Å². The van der Waals surface area contributed by atoms with Crippen molar-refractivity contribution in [2.45, 2.75) is 0 Å². The molecule has 0 radical (unpaired) electrons. The number of hydrogen-bond donors (Lipinski definition) is 1. The minimum absolute atomic E-state index is 0.691. The third-order valence-electron chi connectivity index (χ3n) is 5.13. The van der Waals surface area contributed by atoms with Gasteiger partial charge in [0.25, 0.3) is 0 Å². The molecule has 0 spiro atoms. The number of rotatable bonds is 5. The van der Waals surface area contributed by atoms with Crippen LogP contribution in [0.25, 0.3) is 27.8 Å². The first kappa shape index (κ1) is 19.2. The maximum absolute atomic E-state index is 6.11. The zero-order valence-corrected chi connectivity index (χ0v) is 17.5. The Morgan fingerprint density at radius 3 is 2.39 bits per heavy atom. The molecular formula is C25H19ClN4O. The van der Waals surface area contributed by atoms with Crippen LogP contribution in [-0.2, 0) is 0 Å². The first-order chi connectivity index (χ1) is 15.2. The fraction of sp³-hybridized carbons (Fsp3) is 0.0400. The summed E-state index contributed by atoms with van der Waals surface area (Å²) < 4.78 is 7.57. The Balaban J connectivity index is 1.75. The molecule has 5 aromatic rings. The molecule has 0 bridgehead atoms. The highest BCUT2D eigenvalue weighted by atomic mass is 35.5. The lowest BCUT2D eigenvalue weighted by Crippen LogP contribution is -1.99. The molecule has 0 saturated carbocycles. The second kappa shape index (κ2) is 8.13. The molecule has 0 fully saturated rings. The summed E-state index contributed by atoms with van der Waals surface area (Å²) >= 11 is 6.11. The number of ether oxygens (including phenoxy) is 1. The zero-order chi connectivity index (χ0) is 21.2. The van der Waals surface area contributed by atoms with Crippen LogP contribution in [0.1, 0.15) is 0 Å². The van der Waals surface area contributed by atoms with Crippen molar-refractivity contribution in [3.05, 3.63) is 96.4 Å². The van der Waals surface area contributed by atoms with Crippen molar-refractivity contribution in [1.82, 2.24) is 14.5 Å². The van der Waals surface area contributed by atoms with Crippen LogP contribution < -0.4 is 10.1 Å². The van der Waals surface area contributed by atoms with Gasteiger partial charge in [-0.05, 0) is 42.0 Å². The van der Waals surface area contributed by atoms with E-state index >= 15 is 0 Å². The lowest BCUT2D eigenvalue weighted by atomic mass is 10.1. The number of aromatic nitrogens is 3. The Morgan fingerprint density at radius 1 is 0.871 bits per heavy atom. The van der Waals surface area contributed by atoms with Crippen molar-refractivity contribution >= 4 is 34.1 Å². The van der Waals surface area contributed by atoms with Gasteiger partial charge < -0.3 is 14.6 Å². The molecule has 0 aliphatic rings. The molecular weight excluding hydrogens is 408 g/mol. The number of benzene rings is 3. The van der Waals surface area contributed by atoms with E-state index in [0.29, 0.717) is 10.8 Å². The van der Waals surface area contributed by atoms with Crippen LogP contribution in [0.3, 0.4) is 0 Å². The number of nitrogens with one attached hydrogen (secondary N) is 1. The number of methoxy groups -OCH3 is 1. The molecule has 2 aromatic heterocycles. The van der Waals surface area contributed by atoms with E-state index in [1.165, 1.54) is 0 Å². The summed E-state index contributed by atoms with van der Waals surface area (Å²) in [5, 5.41) is 5.06. The normalized spacial score (nSPS) is 10.9. The minimum Gasteiger partial charge on any atom is -0.495 e. The van der Waals surface area contributed by atoms with Crippen molar-refractivity contribution < 1.29 is 4.74 Å². The highest BCUT2D eigenvalue weighted by molar-refractivity contribution is 6.30. The minimum atomic E-state index is 0.691. The largest absolute Gasteiger partial charge is 0.495 e. The molecule has 0 aliphatic heterocycles. The van der Waals surface area contributed by atoms with Gasteiger partial charge in [0.2, 0.25) is 0 Å². The first-order valence-corrected chi connectivity index (χ1v) is 10.2. The van der Waals surface area contributed by atoms with Crippen molar-refractivity contribution in [3.63, 3.8) is 0 Å². The number of anilines is 2. The Morgan fingerprint density at radius 2 is 1.61 bits per heavy atom. The Kier molecular flexibility index (Phi) is 5.02. The summed E-state index contributed by atoms with van der Waals surface area (Å²) in [4.78, 5) is 9.19. The number of fused-ring (bicyclic) bond motifs is 1. The number of para-hydroxylation sites is 2. The number of nitrogens with zero attached hydrogens (tertiary/aromatic N) is 3. The molecule has 31 heavy (non-hydrogen) atoms. The lowest BCUT2D eigenvalue weighted by Gasteiger charge is -2.12. The fourth-order valence-corrected chi connectivity index (χ4v) is 3.79. The van der Waals surface area contributed by atoms with Gasteiger partial charge in [0.05, 0.1) is 18.2 Å². The molecule has 2 heterocycles. The number of hydrogen-bond acceptors (Lipinski definition) is 4. The van der Waals surface area contributed by atoms with Crippen LogP contribution in [0.5, 0.6) is 5.75 Å². The topological polar surface area (TPSA) is 52.0 Å². The predicted molar refractivity (Wildman–Crippen MR) is 126 cm³/mol. The van der Waals surface area contributed by atoms with Crippen molar-refractivity contribution in [3.8, 4) is 22.6 Å². The smallest absolute Gasteiger partial charge is 0.150 e. The standard InChI is InChI=1S/C25H19ClN4O/c1-31-22-10-6-5-9-21(22)29-24-23-20(17-7-3-2-4-8-17)15-30(25(23)28-16-27-24)19-13-11-18(26)12-14-19/h2-16H,1H3,(H,27,28,29). The van der Waals surface area contributed by atoms with Crippen molar-refractivity contribution in [2.24, 2.45) is 0 Å². The van der Waals surface area contributed by atoms with Crippen LogP contribution in [0.2, 0.25) is 5.02 Å². The summed E-state index contributed by atoms with van der Waals surface area (Å²) in [6, 6.07) is 25.7. The molecule has 0 saturated heterocycles. The summed E-state index contributed by atoms with van der Waals surface area (Å²) in [6.45, 7) is 0. The van der Waals surface area contributed by atoms with Gasteiger partial charge in [-0.15, -0.1) is 0 Å². The summed E-state index contributed by atoms with van der Waals surface area (Å²) in [7, 11) is 1.66. The molecule has 5 rings (SSSR count). The third kappa shape index (κ3) is 3.60.